The minimum absolute atomic E-state index is 0.0138. The molecular weight excluding hydrogens is 330 g/mol. The van der Waals surface area contributed by atoms with Gasteiger partial charge < -0.3 is 4.74 Å². The molecule has 0 bridgehead atoms. The summed E-state index contributed by atoms with van der Waals surface area (Å²) < 4.78 is 20.0. The van der Waals surface area contributed by atoms with Crippen LogP contribution in [0.2, 0.25) is 0 Å². The van der Waals surface area contributed by atoms with Crippen molar-refractivity contribution in [1.29, 1.82) is 0 Å². The second kappa shape index (κ2) is 7.31. The molecule has 0 heterocycles. The van der Waals surface area contributed by atoms with Crippen LogP contribution in [0, 0.1) is 11.7 Å². The van der Waals surface area contributed by atoms with Crippen LogP contribution in [-0.2, 0) is 4.74 Å². The Balaban J connectivity index is 2.65. The number of hydrogen-bond donors (Lipinski definition) is 0. The van der Waals surface area contributed by atoms with Crippen molar-refractivity contribution in [3.63, 3.8) is 0 Å². The van der Waals surface area contributed by atoms with Gasteiger partial charge in [-0.05, 0) is 37.0 Å². The molecule has 0 saturated heterocycles. The van der Waals surface area contributed by atoms with Crippen LogP contribution in [0.3, 0.4) is 0 Å². The molecule has 0 aliphatic carbocycles. The summed E-state index contributed by atoms with van der Waals surface area (Å²) >= 11 is 2.28. The topological polar surface area (TPSA) is 9.23 Å². The van der Waals surface area contributed by atoms with Gasteiger partial charge in [-0.2, -0.15) is 0 Å². The predicted octanol–water partition coefficient (Wildman–Crippen LogP) is 4.75. The Bertz CT molecular complexity index is 341. The molecule has 0 aliphatic rings. The van der Waals surface area contributed by atoms with E-state index in [-0.39, 0.29) is 18.0 Å². The van der Waals surface area contributed by atoms with Crippen LogP contribution in [0.5, 0.6) is 0 Å². The SMILES string of the molecule is CC(C)CC(C)OC(CI)c1cccc(F)c1. The maximum atomic E-state index is 13.2. The maximum absolute atomic E-state index is 13.2. The van der Waals surface area contributed by atoms with Gasteiger partial charge in [-0.3, -0.25) is 0 Å². The zero-order chi connectivity index (χ0) is 12.8. The zero-order valence-electron chi connectivity index (χ0n) is 10.6. The molecule has 0 spiro atoms. The van der Waals surface area contributed by atoms with E-state index in [1.165, 1.54) is 6.07 Å². The molecule has 2 atom stereocenters. The minimum atomic E-state index is -0.197. The van der Waals surface area contributed by atoms with Crippen molar-refractivity contribution >= 4 is 22.6 Å². The lowest BCUT2D eigenvalue weighted by Gasteiger charge is -2.22. The van der Waals surface area contributed by atoms with E-state index in [1.807, 2.05) is 6.07 Å². The second-order valence-corrected chi connectivity index (χ2v) is 5.65. The lowest BCUT2D eigenvalue weighted by Crippen LogP contribution is -2.16. The molecule has 0 N–H and O–H groups in total. The van der Waals surface area contributed by atoms with E-state index < -0.39 is 0 Å². The Kier molecular flexibility index (Phi) is 6.41. The predicted molar refractivity (Wildman–Crippen MR) is 78.0 cm³/mol. The molecule has 96 valence electrons. The summed E-state index contributed by atoms with van der Waals surface area (Å²) in [5, 5.41) is 0. The monoisotopic (exact) mass is 350 g/mol. The van der Waals surface area contributed by atoms with Crippen LogP contribution < -0.4 is 0 Å². The van der Waals surface area contributed by atoms with E-state index in [0.717, 1.165) is 16.4 Å². The average molecular weight is 350 g/mol. The number of halogens is 2. The third kappa shape index (κ3) is 5.34. The third-order valence-electron chi connectivity index (χ3n) is 2.56. The molecule has 0 fully saturated rings. The highest BCUT2D eigenvalue weighted by Crippen LogP contribution is 2.24. The van der Waals surface area contributed by atoms with Crippen LogP contribution in [0.25, 0.3) is 0 Å². The molecule has 17 heavy (non-hydrogen) atoms. The van der Waals surface area contributed by atoms with Crippen molar-refractivity contribution in [2.24, 2.45) is 5.92 Å². The first kappa shape index (κ1) is 14.9. The second-order valence-electron chi connectivity index (χ2n) is 4.77. The summed E-state index contributed by atoms with van der Waals surface area (Å²) in [6.45, 7) is 6.45. The smallest absolute Gasteiger partial charge is 0.123 e. The maximum Gasteiger partial charge on any atom is 0.123 e. The van der Waals surface area contributed by atoms with E-state index in [4.69, 9.17) is 4.74 Å². The van der Waals surface area contributed by atoms with Gasteiger partial charge >= 0.3 is 0 Å². The fourth-order valence-electron chi connectivity index (χ4n) is 1.91. The van der Waals surface area contributed by atoms with Gasteiger partial charge in [0.25, 0.3) is 0 Å². The van der Waals surface area contributed by atoms with Crippen molar-refractivity contribution in [3.05, 3.63) is 35.6 Å². The summed E-state index contributed by atoms with van der Waals surface area (Å²) in [6.07, 6.45) is 1.22. The van der Waals surface area contributed by atoms with Crippen LogP contribution in [0.4, 0.5) is 4.39 Å². The van der Waals surface area contributed by atoms with E-state index in [0.29, 0.717) is 5.92 Å². The number of hydrogen-bond acceptors (Lipinski definition) is 1. The highest BCUT2D eigenvalue weighted by molar-refractivity contribution is 14.1. The molecule has 0 aliphatic heterocycles. The van der Waals surface area contributed by atoms with Gasteiger partial charge in [-0.25, -0.2) is 4.39 Å². The number of ether oxygens (including phenoxy) is 1. The highest BCUT2D eigenvalue weighted by Gasteiger charge is 2.15. The Hall–Kier alpha value is -0.160. The summed E-state index contributed by atoms with van der Waals surface area (Å²) in [5.74, 6) is 0.421. The van der Waals surface area contributed by atoms with Crippen LogP contribution in [0.1, 0.15) is 38.9 Å². The number of rotatable bonds is 6. The molecule has 0 aromatic heterocycles. The van der Waals surface area contributed by atoms with Crippen LogP contribution >= 0.6 is 22.6 Å². The van der Waals surface area contributed by atoms with Gasteiger partial charge in [0.2, 0.25) is 0 Å². The Morgan fingerprint density at radius 2 is 2.00 bits per heavy atom. The van der Waals surface area contributed by atoms with E-state index in [1.54, 1.807) is 12.1 Å². The normalized spacial score (nSPS) is 14.9. The van der Waals surface area contributed by atoms with Crippen molar-refractivity contribution in [3.8, 4) is 0 Å². The first-order chi connectivity index (χ1) is 8.02. The summed E-state index contributed by atoms with van der Waals surface area (Å²) in [6, 6.07) is 6.69. The molecule has 1 aromatic rings. The largest absolute Gasteiger partial charge is 0.370 e. The lowest BCUT2D eigenvalue weighted by atomic mass is 10.1. The molecule has 0 saturated carbocycles. The summed E-state index contributed by atoms with van der Waals surface area (Å²) in [7, 11) is 0. The van der Waals surface area contributed by atoms with Gasteiger partial charge in [0.05, 0.1) is 12.2 Å². The molecule has 2 unspecified atom stereocenters. The average Bonchev–Trinajstić information content (AvgIpc) is 2.24. The Morgan fingerprint density at radius 1 is 1.29 bits per heavy atom. The molecule has 0 amide bonds. The van der Waals surface area contributed by atoms with Gasteiger partial charge in [0.1, 0.15) is 5.82 Å². The first-order valence-corrected chi connectivity index (χ1v) is 7.52. The van der Waals surface area contributed by atoms with Crippen LogP contribution in [0.15, 0.2) is 24.3 Å². The number of alkyl halides is 1. The van der Waals surface area contributed by atoms with Gasteiger partial charge in [0, 0.05) is 4.43 Å². The van der Waals surface area contributed by atoms with E-state index in [2.05, 4.69) is 43.4 Å². The third-order valence-corrected chi connectivity index (χ3v) is 3.36. The first-order valence-electron chi connectivity index (χ1n) is 5.99. The minimum Gasteiger partial charge on any atom is -0.370 e. The van der Waals surface area contributed by atoms with Gasteiger partial charge in [-0.15, -0.1) is 0 Å². The Morgan fingerprint density at radius 3 is 2.53 bits per heavy atom. The van der Waals surface area contributed by atoms with Crippen molar-refractivity contribution in [2.45, 2.75) is 39.4 Å². The Labute approximate surface area is 117 Å². The summed E-state index contributed by atoms with van der Waals surface area (Å²) in [4.78, 5) is 0. The van der Waals surface area contributed by atoms with Gasteiger partial charge in [0.15, 0.2) is 0 Å². The van der Waals surface area contributed by atoms with Gasteiger partial charge in [-0.1, -0.05) is 48.6 Å². The molecule has 1 rings (SSSR count). The van der Waals surface area contributed by atoms with E-state index in [9.17, 15) is 4.39 Å². The van der Waals surface area contributed by atoms with Crippen molar-refractivity contribution in [1.82, 2.24) is 0 Å². The molecule has 1 nitrogen and oxygen atoms in total. The lowest BCUT2D eigenvalue weighted by molar-refractivity contribution is 0.000739. The molecule has 3 heteroatoms. The molecule has 0 radical (unpaired) electrons. The zero-order valence-corrected chi connectivity index (χ0v) is 12.8. The van der Waals surface area contributed by atoms with E-state index >= 15 is 0 Å². The molecule has 1 aromatic carbocycles. The van der Waals surface area contributed by atoms with Crippen LogP contribution in [-0.4, -0.2) is 10.5 Å². The fraction of sp³-hybridized carbons (Fsp3) is 0.571. The fourth-order valence-corrected chi connectivity index (χ4v) is 2.63. The highest BCUT2D eigenvalue weighted by atomic mass is 127. The quantitative estimate of drug-likeness (QED) is 0.531. The standard InChI is InChI=1S/C14H20FIO/c1-10(2)7-11(3)17-14(9-16)12-5-4-6-13(15)8-12/h4-6,8,10-11,14H,7,9H2,1-3H3. The van der Waals surface area contributed by atoms with Crippen molar-refractivity contribution in [2.75, 3.05) is 4.43 Å². The summed E-state index contributed by atoms with van der Waals surface area (Å²) in [5.41, 5.74) is 0.926. The van der Waals surface area contributed by atoms with Crippen molar-refractivity contribution < 1.29 is 9.13 Å². The molecular formula is C14H20FIO. The number of benzene rings is 1.